The van der Waals surface area contributed by atoms with Crippen molar-refractivity contribution in [1.82, 2.24) is 10.4 Å². The summed E-state index contributed by atoms with van der Waals surface area (Å²) < 4.78 is 0. The number of hydrogen-bond donors (Lipinski definition) is 3. The normalized spacial score (nSPS) is 22.7. The van der Waals surface area contributed by atoms with Crippen LogP contribution in [0.4, 0.5) is 0 Å². The van der Waals surface area contributed by atoms with Crippen molar-refractivity contribution in [2.75, 3.05) is 0 Å². The fraction of sp³-hybridized carbons (Fsp3) is 0.571. The number of aliphatic hydroxyl groups excluding tert-OH is 1. The molecule has 5 heteroatoms. The van der Waals surface area contributed by atoms with Gasteiger partial charge in [0, 0.05) is 0 Å². The summed E-state index contributed by atoms with van der Waals surface area (Å²) in [5, 5.41) is 22.7. The van der Waals surface area contributed by atoms with Crippen molar-refractivity contribution in [1.29, 1.82) is 0 Å². The highest BCUT2D eigenvalue weighted by molar-refractivity contribution is 7.80. The van der Waals surface area contributed by atoms with Crippen LogP contribution in [0.1, 0.15) is 20.8 Å². The Balaban J connectivity index is 3.14. The molecule has 1 aliphatic heterocycles. The molecule has 68 valence electrons. The van der Waals surface area contributed by atoms with E-state index in [1.807, 2.05) is 0 Å². The van der Waals surface area contributed by atoms with E-state index < -0.39 is 5.54 Å². The van der Waals surface area contributed by atoms with E-state index in [9.17, 15) is 10.3 Å². The van der Waals surface area contributed by atoms with Crippen LogP contribution in [0.3, 0.4) is 0 Å². The summed E-state index contributed by atoms with van der Waals surface area (Å²) in [6.45, 7) is 5.06. The quantitative estimate of drug-likeness (QED) is 0.498. The van der Waals surface area contributed by atoms with Crippen LogP contribution in [0.5, 0.6) is 0 Å². The van der Waals surface area contributed by atoms with Crippen LogP contribution in [0.25, 0.3) is 0 Å². The van der Waals surface area contributed by atoms with Crippen molar-refractivity contribution < 1.29 is 10.3 Å². The molecule has 0 radical (unpaired) electrons. The molecule has 0 atom stereocenters. The lowest BCUT2D eigenvalue weighted by Gasteiger charge is -2.39. The molecule has 0 amide bonds. The van der Waals surface area contributed by atoms with E-state index in [1.165, 1.54) is 0 Å². The van der Waals surface area contributed by atoms with Gasteiger partial charge in [0.05, 0.1) is 5.70 Å². The SMILES string of the molecule is CC1=C(O)C(C)(C)N(O)C(=S)N1. The topological polar surface area (TPSA) is 55.7 Å². The van der Waals surface area contributed by atoms with Gasteiger partial charge in [-0.25, -0.2) is 5.06 Å². The third kappa shape index (κ3) is 1.15. The van der Waals surface area contributed by atoms with Gasteiger partial charge in [-0.2, -0.15) is 0 Å². The smallest absolute Gasteiger partial charge is 0.198 e. The molecule has 0 aromatic heterocycles. The lowest BCUT2D eigenvalue weighted by molar-refractivity contribution is -0.0951. The van der Waals surface area contributed by atoms with Crippen molar-refractivity contribution in [2.24, 2.45) is 0 Å². The second kappa shape index (κ2) is 2.60. The van der Waals surface area contributed by atoms with Crippen LogP contribution in [-0.2, 0) is 0 Å². The molecule has 0 spiro atoms. The highest BCUT2D eigenvalue weighted by Crippen LogP contribution is 2.26. The zero-order chi connectivity index (χ0) is 9.52. The van der Waals surface area contributed by atoms with Crippen LogP contribution in [-0.4, -0.2) is 26.0 Å². The average Bonchev–Trinajstić information content (AvgIpc) is 1.99. The number of thiocarbonyl (C=S) groups is 1. The van der Waals surface area contributed by atoms with Gasteiger partial charge in [0.2, 0.25) is 0 Å². The molecule has 0 unspecified atom stereocenters. The zero-order valence-electron chi connectivity index (χ0n) is 7.25. The van der Waals surface area contributed by atoms with Crippen molar-refractivity contribution in [2.45, 2.75) is 26.3 Å². The number of hydrogen-bond acceptors (Lipinski definition) is 3. The molecule has 0 aromatic carbocycles. The summed E-state index contributed by atoms with van der Waals surface area (Å²) in [4.78, 5) is 0. The molecule has 1 heterocycles. The molecule has 0 aromatic rings. The Morgan fingerprint density at radius 3 is 2.50 bits per heavy atom. The maximum Gasteiger partial charge on any atom is 0.198 e. The fourth-order valence-corrected chi connectivity index (χ4v) is 1.47. The predicted octanol–water partition coefficient (Wildman–Crippen LogP) is 1.13. The van der Waals surface area contributed by atoms with Gasteiger partial charge in [-0.1, -0.05) is 0 Å². The van der Waals surface area contributed by atoms with Gasteiger partial charge < -0.3 is 10.4 Å². The Hall–Kier alpha value is -0.810. The maximum absolute atomic E-state index is 9.55. The fourth-order valence-electron chi connectivity index (χ4n) is 1.09. The first-order valence-electron chi connectivity index (χ1n) is 3.57. The zero-order valence-corrected chi connectivity index (χ0v) is 8.07. The molecule has 0 saturated heterocycles. The predicted molar refractivity (Wildman–Crippen MR) is 48.8 cm³/mol. The van der Waals surface area contributed by atoms with E-state index in [-0.39, 0.29) is 10.9 Å². The minimum Gasteiger partial charge on any atom is -0.508 e. The Kier molecular flexibility index (Phi) is 2.01. The second-order valence-corrected chi connectivity index (χ2v) is 3.66. The van der Waals surface area contributed by atoms with Gasteiger partial charge in [-0.15, -0.1) is 0 Å². The molecular formula is C7H12N2O2S. The highest BCUT2D eigenvalue weighted by atomic mass is 32.1. The minimum absolute atomic E-state index is 0.0959. The number of nitrogens with one attached hydrogen (secondary N) is 1. The lowest BCUT2D eigenvalue weighted by Crippen LogP contribution is -2.55. The Morgan fingerprint density at radius 2 is 2.00 bits per heavy atom. The number of rotatable bonds is 0. The van der Waals surface area contributed by atoms with Gasteiger partial charge in [0.15, 0.2) is 5.11 Å². The Labute approximate surface area is 76.4 Å². The average molecular weight is 188 g/mol. The van der Waals surface area contributed by atoms with E-state index in [4.69, 9.17) is 12.2 Å². The van der Waals surface area contributed by atoms with Crippen molar-refractivity contribution in [3.05, 3.63) is 11.5 Å². The maximum atomic E-state index is 9.55. The summed E-state index contributed by atoms with van der Waals surface area (Å²) in [5.41, 5.74) is -0.262. The summed E-state index contributed by atoms with van der Waals surface area (Å²) in [6.07, 6.45) is 0. The molecule has 1 aliphatic rings. The van der Waals surface area contributed by atoms with Gasteiger partial charge >= 0.3 is 0 Å². The summed E-state index contributed by atoms with van der Waals surface area (Å²) >= 11 is 4.83. The van der Waals surface area contributed by atoms with Crippen LogP contribution < -0.4 is 5.32 Å². The highest BCUT2D eigenvalue weighted by Gasteiger charge is 2.37. The van der Waals surface area contributed by atoms with Gasteiger partial charge in [0.25, 0.3) is 0 Å². The standard InChI is InChI=1S/C7H12N2O2S/c1-4-5(10)7(2,3)9(11)6(12)8-4/h10-11H,1-3H3,(H,8,12). The first kappa shape index (κ1) is 9.28. The van der Waals surface area contributed by atoms with Crippen LogP contribution >= 0.6 is 12.2 Å². The van der Waals surface area contributed by atoms with Crippen molar-refractivity contribution >= 4 is 17.3 Å². The Bertz CT molecular complexity index is 260. The number of allylic oxidation sites excluding steroid dienone is 1. The van der Waals surface area contributed by atoms with E-state index in [0.29, 0.717) is 5.70 Å². The van der Waals surface area contributed by atoms with Crippen molar-refractivity contribution in [3.8, 4) is 0 Å². The van der Waals surface area contributed by atoms with Gasteiger partial charge in [0.1, 0.15) is 11.3 Å². The largest absolute Gasteiger partial charge is 0.508 e. The molecule has 0 saturated carbocycles. The molecule has 0 fully saturated rings. The monoisotopic (exact) mass is 188 g/mol. The van der Waals surface area contributed by atoms with Crippen LogP contribution in [0.2, 0.25) is 0 Å². The summed E-state index contributed by atoms with van der Waals surface area (Å²) in [6, 6.07) is 0. The van der Waals surface area contributed by atoms with Crippen LogP contribution in [0.15, 0.2) is 11.5 Å². The van der Waals surface area contributed by atoms with E-state index in [2.05, 4.69) is 5.32 Å². The number of hydroxylamine groups is 2. The van der Waals surface area contributed by atoms with Gasteiger partial charge in [-0.3, -0.25) is 5.21 Å². The third-order valence-electron chi connectivity index (χ3n) is 1.95. The molecule has 12 heavy (non-hydrogen) atoms. The first-order valence-corrected chi connectivity index (χ1v) is 3.98. The third-order valence-corrected chi connectivity index (χ3v) is 2.23. The van der Waals surface area contributed by atoms with E-state index in [1.54, 1.807) is 20.8 Å². The first-order chi connectivity index (χ1) is 5.37. The van der Waals surface area contributed by atoms with E-state index >= 15 is 0 Å². The second-order valence-electron chi connectivity index (χ2n) is 3.27. The Morgan fingerprint density at radius 1 is 1.50 bits per heavy atom. The summed E-state index contributed by atoms with van der Waals surface area (Å²) in [7, 11) is 0. The molecule has 3 N–H and O–H groups in total. The van der Waals surface area contributed by atoms with Crippen LogP contribution in [0, 0.1) is 0 Å². The lowest BCUT2D eigenvalue weighted by atomic mass is 9.99. The molecule has 0 bridgehead atoms. The number of nitrogens with zero attached hydrogens (tertiary/aromatic N) is 1. The van der Waals surface area contributed by atoms with Crippen molar-refractivity contribution in [3.63, 3.8) is 0 Å². The van der Waals surface area contributed by atoms with E-state index in [0.717, 1.165) is 5.06 Å². The number of aliphatic hydroxyl groups is 1. The molecule has 0 aliphatic carbocycles. The molecular weight excluding hydrogens is 176 g/mol. The molecule has 4 nitrogen and oxygen atoms in total. The molecule has 1 rings (SSSR count). The minimum atomic E-state index is -0.841. The summed E-state index contributed by atoms with van der Waals surface area (Å²) in [5.74, 6) is 0.0959. The van der Waals surface area contributed by atoms with Gasteiger partial charge in [-0.05, 0) is 33.0 Å².